The van der Waals surface area contributed by atoms with Crippen molar-refractivity contribution < 1.29 is 9.90 Å². The zero-order valence-corrected chi connectivity index (χ0v) is 14.8. The summed E-state index contributed by atoms with van der Waals surface area (Å²) in [6.07, 6.45) is 7.25. The topological polar surface area (TPSA) is 96.2 Å². The van der Waals surface area contributed by atoms with E-state index in [-0.39, 0.29) is 29.2 Å². The number of carbonyl (C=O) groups excluding carboxylic acids is 1. The molecule has 4 aliphatic rings. The van der Waals surface area contributed by atoms with Crippen molar-refractivity contribution in [3.05, 3.63) is 33.2 Å². The van der Waals surface area contributed by atoms with Gasteiger partial charge in [-0.05, 0) is 38.5 Å². The molecule has 0 spiro atoms. The SMILES string of the molecule is O=C1NC(C2=C(O)Cn3c2nc(=O)c2c3CCCC2)NC2CCCCC12. The first kappa shape index (κ1) is 16.1. The highest BCUT2D eigenvalue weighted by Gasteiger charge is 2.42. The minimum Gasteiger partial charge on any atom is -0.510 e. The van der Waals surface area contributed by atoms with Crippen molar-refractivity contribution in [2.45, 2.75) is 70.1 Å². The van der Waals surface area contributed by atoms with Gasteiger partial charge in [0, 0.05) is 17.3 Å². The van der Waals surface area contributed by atoms with Gasteiger partial charge in [-0.2, -0.15) is 4.98 Å². The lowest BCUT2D eigenvalue weighted by molar-refractivity contribution is -0.129. The quantitative estimate of drug-likeness (QED) is 0.698. The summed E-state index contributed by atoms with van der Waals surface area (Å²) in [5.74, 6) is 0.753. The van der Waals surface area contributed by atoms with E-state index in [2.05, 4.69) is 15.6 Å². The van der Waals surface area contributed by atoms with Crippen LogP contribution in [0.2, 0.25) is 0 Å². The van der Waals surface area contributed by atoms with Crippen LogP contribution in [0.4, 0.5) is 0 Å². The van der Waals surface area contributed by atoms with Crippen molar-refractivity contribution in [1.29, 1.82) is 0 Å². The van der Waals surface area contributed by atoms with E-state index in [1.165, 1.54) is 0 Å². The fraction of sp³-hybridized carbons (Fsp3) is 0.632. The van der Waals surface area contributed by atoms with Gasteiger partial charge in [0.25, 0.3) is 5.56 Å². The third-order valence-electron chi connectivity index (χ3n) is 6.40. The highest BCUT2D eigenvalue weighted by atomic mass is 16.3. The number of carbonyl (C=O) groups is 1. The van der Waals surface area contributed by atoms with E-state index in [1.54, 1.807) is 0 Å². The van der Waals surface area contributed by atoms with E-state index < -0.39 is 6.17 Å². The Labute approximate surface area is 151 Å². The maximum Gasteiger partial charge on any atom is 0.276 e. The molecule has 3 heterocycles. The molecule has 3 N–H and O–H groups in total. The molecule has 7 heteroatoms. The van der Waals surface area contributed by atoms with Crippen molar-refractivity contribution in [2.24, 2.45) is 5.92 Å². The molecule has 138 valence electrons. The van der Waals surface area contributed by atoms with Crippen LogP contribution in [0.3, 0.4) is 0 Å². The predicted octanol–water partition coefficient (Wildman–Crippen LogP) is 1.01. The molecule has 2 aliphatic carbocycles. The Morgan fingerprint density at radius 2 is 1.88 bits per heavy atom. The van der Waals surface area contributed by atoms with Gasteiger partial charge in [0.15, 0.2) is 0 Å². The van der Waals surface area contributed by atoms with Gasteiger partial charge in [-0.25, -0.2) is 0 Å². The third-order valence-corrected chi connectivity index (χ3v) is 6.40. The number of aliphatic hydroxyl groups excluding tert-OH is 1. The molecule has 1 aromatic rings. The van der Waals surface area contributed by atoms with Gasteiger partial charge in [0.2, 0.25) is 5.91 Å². The molecular formula is C19H24N4O3. The molecule has 1 aromatic heterocycles. The first-order valence-corrected chi connectivity index (χ1v) is 9.75. The van der Waals surface area contributed by atoms with Crippen molar-refractivity contribution in [3.63, 3.8) is 0 Å². The maximum absolute atomic E-state index is 12.6. The average molecular weight is 356 g/mol. The molecule has 5 rings (SSSR count). The van der Waals surface area contributed by atoms with Gasteiger partial charge in [0.1, 0.15) is 17.7 Å². The summed E-state index contributed by atoms with van der Waals surface area (Å²) in [4.78, 5) is 29.4. The van der Waals surface area contributed by atoms with Crippen LogP contribution in [0.1, 0.15) is 55.6 Å². The largest absolute Gasteiger partial charge is 0.510 e. The van der Waals surface area contributed by atoms with Crippen molar-refractivity contribution in [2.75, 3.05) is 0 Å². The number of amides is 1. The summed E-state index contributed by atoms with van der Waals surface area (Å²) in [7, 11) is 0. The third kappa shape index (κ3) is 2.33. The minimum atomic E-state index is -0.482. The lowest BCUT2D eigenvalue weighted by Crippen LogP contribution is -2.62. The van der Waals surface area contributed by atoms with Crippen molar-refractivity contribution in [1.82, 2.24) is 20.2 Å². The van der Waals surface area contributed by atoms with Crippen LogP contribution in [0.5, 0.6) is 0 Å². The predicted molar refractivity (Wildman–Crippen MR) is 95.5 cm³/mol. The Morgan fingerprint density at radius 1 is 1.08 bits per heavy atom. The number of fused-ring (bicyclic) bond motifs is 4. The number of allylic oxidation sites excluding steroid dienone is 1. The summed E-state index contributed by atoms with van der Waals surface area (Å²) >= 11 is 0. The highest BCUT2D eigenvalue weighted by molar-refractivity contribution is 5.84. The van der Waals surface area contributed by atoms with Gasteiger partial charge in [-0.1, -0.05) is 12.8 Å². The van der Waals surface area contributed by atoms with E-state index in [1.807, 2.05) is 4.57 Å². The van der Waals surface area contributed by atoms with E-state index in [4.69, 9.17) is 0 Å². The van der Waals surface area contributed by atoms with E-state index in [9.17, 15) is 14.7 Å². The first-order chi connectivity index (χ1) is 12.6. The van der Waals surface area contributed by atoms with Crippen LogP contribution in [0.25, 0.3) is 5.57 Å². The van der Waals surface area contributed by atoms with Crippen LogP contribution in [-0.2, 0) is 24.2 Å². The molecule has 2 aliphatic heterocycles. The van der Waals surface area contributed by atoms with Gasteiger partial charge < -0.3 is 15.0 Å². The number of nitrogens with zero attached hydrogens (tertiary/aromatic N) is 2. The van der Waals surface area contributed by atoms with Gasteiger partial charge >= 0.3 is 0 Å². The fourth-order valence-corrected chi connectivity index (χ4v) is 5.11. The number of hydrogen-bond donors (Lipinski definition) is 3. The second kappa shape index (κ2) is 5.94. The summed E-state index contributed by atoms with van der Waals surface area (Å²) in [6, 6.07) is 0.126. The number of nitrogens with one attached hydrogen (secondary N) is 2. The number of aromatic nitrogens is 2. The summed E-state index contributed by atoms with van der Waals surface area (Å²) < 4.78 is 1.97. The molecule has 26 heavy (non-hydrogen) atoms. The second-order valence-corrected chi connectivity index (χ2v) is 7.93. The monoisotopic (exact) mass is 356 g/mol. The smallest absolute Gasteiger partial charge is 0.276 e. The molecule has 1 amide bonds. The first-order valence-electron chi connectivity index (χ1n) is 9.75. The maximum atomic E-state index is 12.6. The number of rotatable bonds is 1. The lowest BCUT2D eigenvalue weighted by Gasteiger charge is -2.40. The zero-order chi connectivity index (χ0) is 17.8. The van der Waals surface area contributed by atoms with Gasteiger partial charge in [0.05, 0.1) is 18.0 Å². The summed E-state index contributed by atoms with van der Waals surface area (Å²) in [6.45, 7) is 0.336. The molecule has 3 atom stereocenters. The molecular weight excluding hydrogens is 332 g/mol. The molecule has 2 fully saturated rings. The van der Waals surface area contributed by atoms with Crippen molar-refractivity contribution in [3.8, 4) is 0 Å². The highest BCUT2D eigenvalue weighted by Crippen LogP contribution is 2.34. The summed E-state index contributed by atoms with van der Waals surface area (Å²) in [5, 5.41) is 17.2. The normalized spacial score (nSPS) is 30.5. The molecule has 1 saturated carbocycles. The standard InChI is InChI=1S/C19H24N4O3/c24-14-9-23-13-8-4-2-6-11(13)19(26)22-17(23)15(14)16-20-12-7-3-1-5-10(12)18(25)21-16/h10,12,16,20,24H,1-9H2,(H,21,25). The molecule has 0 bridgehead atoms. The van der Waals surface area contributed by atoms with Crippen LogP contribution < -0.4 is 16.2 Å². The Bertz CT molecular complexity index is 872. The van der Waals surface area contributed by atoms with Crippen LogP contribution >= 0.6 is 0 Å². The molecule has 7 nitrogen and oxygen atoms in total. The van der Waals surface area contributed by atoms with E-state index in [0.717, 1.165) is 62.6 Å². The minimum absolute atomic E-state index is 0.00262. The molecule has 1 saturated heterocycles. The Balaban J connectivity index is 1.53. The second-order valence-electron chi connectivity index (χ2n) is 7.93. The lowest BCUT2D eigenvalue weighted by atomic mass is 9.82. The van der Waals surface area contributed by atoms with E-state index >= 15 is 0 Å². The van der Waals surface area contributed by atoms with Gasteiger partial charge in [-0.3, -0.25) is 14.9 Å². The average Bonchev–Trinajstić information content (AvgIpc) is 2.98. The zero-order valence-electron chi connectivity index (χ0n) is 14.8. The molecule has 0 radical (unpaired) electrons. The van der Waals surface area contributed by atoms with Crippen LogP contribution in [0, 0.1) is 5.92 Å². The molecule has 0 aromatic carbocycles. The van der Waals surface area contributed by atoms with Crippen LogP contribution in [0.15, 0.2) is 10.6 Å². The van der Waals surface area contributed by atoms with Gasteiger partial charge in [-0.15, -0.1) is 0 Å². The van der Waals surface area contributed by atoms with Crippen LogP contribution in [-0.4, -0.2) is 32.8 Å². The Kier molecular flexibility index (Phi) is 3.67. The number of aliphatic hydroxyl groups is 1. The molecule has 3 unspecified atom stereocenters. The summed E-state index contributed by atoms with van der Waals surface area (Å²) in [5.41, 5.74) is 2.18. The Morgan fingerprint density at radius 3 is 2.77 bits per heavy atom. The fourth-order valence-electron chi connectivity index (χ4n) is 5.11. The Hall–Kier alpha value is -2.15. The number of hydrogen-bond acceptors (Lipinski definition) is 5. The van der Waals surface area contributed by atoms with Crippen molar-refractivity contribution >= 4 is 11.5 Å². The van der Waals surface area contributed by atoms with E-state index in [0.29, 0.717) is 17.9 Å².